The van der Waals surface area contributed by atoms with Crippen LogP contribution in [0.4, 0.5) is 0 Å². The molecule has 0 saturated carbocycles. The van der Waals surface area contributed by atoms with Crippen molar-refractivity contribution in [2.24, 2.45) is 0 Å². The summed E-state index contributed by atoms with van der Waals surface area (Å²) in [5.74, 6) is 3.66. The van der Waals surface area contributed by atoms with Gasteiger partial charge in [-0.3, -0.25) is 4.79 Å². The highest BCUT2D eigenvalue weighted by Gasteiger charge is 1.99. The average Bonchev–Trinajstić information content (AvgIpc) is 2.05. The van der Waals surface area contributed by atoms with Gasteiger partial charge in [0.1, 0.15) is 0 Å². The fourth-order valence-electron chi connectivity index (χ4n) is 0.647. The summed E-state index contributed by atoms with van der Waals surface area (Å²) in [6.07, 6.45) is 1.67. The number of hydrogen-bond acceptors (Lipinski definition) is 3. The molecule has 0 aliphatic rings. The van der Waals surface area contributed by atoms with Crippen LogP contribution in [0.25, 0.3) is 0 Å². The normalized spacial score (nSPS) is 10.2. The summed E-state index contributed by atoms with van der Waals surface area (Å²) in [7, 11) is 0. The highest BCUT2D eigenvalue weighted by atomic mass is 35.5. The highest BCUT2D eigenvalue weighted by Crippen LogP contribution is 2.10. The van der Waals surface area contributed by atoms with Crippen LogP contribution in [0.5, 0.6) is 0 Å². The second-order valence-corrected chi connectivity index (χ2v) is 5.03. The topological polar surface area (TPSA) is 17.1 Å². The van der Waals surface area contributed by atoms with Gasteiger partial charge in [0.2, 0.25) is 0 Å². The van der Waals surface area contributed by atoms with Crippen molar-refractivity contribution < 1.29 is 4.79 Å². The molecule has 0 N–H and O–H groups in total. The van der Waals surface area contributed by atoms with Crippen LogP contribution in [0.15, 0.2) is 0 Å². The van der Waals surface area contributed by atoms with E-state index in [-0.39, 0.29) is 0 Å². The Morgan fingerprint density at radius 1 is 1.33 bits per heavy atom. The summed E-state index contributed by atoms with van der Waals surface area (Å²) in [4.78, 5) is 11.0. The molecule has 0 fully saturated rings. The van der Waals surface area contributed by atoms with Gasteiger partial charge in [0.25, 0.3) is 0 Å². The van der Waals surface area contributed by atoms with Gasteiger partial charge in [-0.1, -0.05) is 18.7 Å². The maximum absolute atomic E-state index is 11.0. The van der Waals surface area contributed by atoms with Gasteiger partial charge in [-0.15, -0.1) is 11.6 Å². The van der Waals surface area contributed by atoms with E-state index in [2.05, 4.69) is 0 Å². The summed E-state index contributed by atoms with van der Waals surface area (Å²) < 4.78 is 0. The zero-order valence-corrected chi connectivity index (χ0v) is 9.73. The summed E-state index contributed by atoms with van der Waals surface area (Å²) in [6.45, 7) is 2.03. The second-order valence-electron chi connectivity index (χ2n) is 2.27. The highest BCUT2D eigenvalue weighted by molar-refractivity contribution is 8.14. The SMILES string of the molecule is CCCC(=O)SCCSCCCl. The lowest BCUT2D eigenvalue weighted by Crippen LogP contribution is -1.94. The molecule has 0 spiro atoms. The van der Waals surface area contributed by atoms with Gasteiger partial charge in [0, 0.05) is 29.6 Å². The largest absolute Gasteiger partial charge is 0.287 e. The molecule has 4 heteroatoms. The molecule has 0 saturated heterocycles. The Balaban J connectivity index is 3.03. The molecule has 0 aliphatic heterocycles. The summed E-state index contributed by atoms with van der Waals surface area (Å²) >= 11 is 8.76. The molecule has 12 heavy (non-hydrogen) atoms. The van der Waals surface area contributed by atoms with Crippen molar-refractivity contribution in [2.75, 3.05) is 23.1 Å². The van der Waals surface area contributed by atoms with Gasteiger partial charge >= 0.3 is 0 Å². The minimum absolute atomic E-state index is 0.323. The van der Waals surface area contributed by atoms with Crippen molar-refractivity contribution in [2.45, 2.75) is 19.8 Å². The average molecular weight is 227 g/mol. The maximum atomic E-state index is 11.0. The van der Waals surface area contributed by atoms with Crippen LogP contribution in [-0.4, -0.2) is 28.3 Å². The van der Waals surface area contributed by atoms with Crippen molar-refractivity contribution in [3.8, 4) is 0 Å². The van der Waals surface area contributed by atoms with Crippen LogP contribution in [0.2, 0.25) is 0 Å². The van der Waals surface area contributed by atoms with E-state index in [0.29, 0.717) is 17.4 Å². The number of halogens is 1. The minimum Gasteiger partial charge on any atom is -0.287 e. The standard InChI is InChI=1S/C8H15ClOS2/c1-2-3-8(10)12-7-6-11-5-4-9/h2-7H2,1H3. The number of thioether (sulfide) groups is 2. The molecule has 0 heterocycles. The summed E-state index contributed by atoms with van der Waals surface area (Å²) in [5.41, 5.74) is 0. The third-order valence-corrected chi connectivity index (χ3v) is 3.76. The van der Waals surface area contributed by atoms with Crippen LogP contribution in [0, 0.1) is 0 Å². The van der Waals surface area contributed by atoms with E-state index < -0.39 is 0 Å². The van der Waals surface area contributed by atoms with Crippen LogP contribution >= 0.6 is 35.1 Å². The zero-order chi connectivity index (χ0) is 9.23. The molecule has 0 amide bonds. The van der Waals surface area contributed by atoms with Gasteiger partial charge in [-0.25, -0.2) is 0 Å². The molecular formula is C8H15ClOS2. The monoisotopic (exact) mass is 226 g/mol. The van der Waals surface area contributed by atoms with Gasteiger partial charge < -0.3 is 0 Å². The van der Waals surface area contributed by atoms with Crippen molar-refractivity contribution in [3.63, 3.8) is 0 Å². The first kappa shape index (κ1) is 12.7. The van der Waals surface area contributed by atoms with Crippen molar-refractivity contribution in [1.29, 1.82) is 0 Å². The number of hydrogen-bond donors (Lipinski definition) is 0. The van der Waals surface area contributed by atoms with Crippen LogP contribution in [0.3, 0.4) is 0 Å². The summed E-state index contributed by atoms with van der Waals surface area (Å²) in [5, 5.41) is 0.323. The number of carbonyl (C=O) groups is 1. The molecule has 0 aromatic rings. The molecule has 0 aliphatic carbocycles. The Labute approximate surface area is 88.0 Å². The van der Waals surface area contributed by atoms with E-state index in [9.17, 15) is 4.79 Å². The summed E-state index contributed by atoms with van der Waals surface area (Å²) in [6, 6.07) is 0. The van der Waals surface area contributed by atoms with Gasteiger partial charge in [-0.2, -0.15) is 11.8 Å². The lowest BCUT2D eigenvalue weighted by molar-refractivity contribution is -0.111. The fraction of sp³-hybridized carbons (Fsp3) is 0.875. The Morgan fingerprint density at radius 3 is 2.67 bits per heavy atom. The van der Waals surface area contributed by atoms with Crippen LogP contribution in [0.1, 0.15) is 19.8 Å². The lowest BCUT2D eigenvalue weighted by Gasteiger charge is -1.98. The molecule has 0 aromatic carbocycles. The van der Waals surface area contributed by atoms with Gasteiger partial charge in [0.05, 0.1) is 0 Å². The predicted octanol–water partition coefficient (Wildman–Crippen LogP) is 3.02. The Bertz CT molecular complexity index is 120. The van der Waals surface area contributed by atoms with E-state index in [0.717, 1.165) is 23.7 Å². The van der Waals surface area contributed by atoms with Gasteiger partial charge in [-0.05, 0) is 6.42 Å². The predicted molar refractivity (Wildman–Crippen MR) is 60.4 cm³/mol. The number of carbonyl (C=O) groups excluding carboxylic acids is 1. The third kappa shape index (κ3) is 8.75. The minimum atomic E-state index is 0.323. The molecule has 0 bridgehead atoms. The number of rotatable bonds is 7. The fourth-order valence-corrected chi connectivity index (χ4v) is 2.67. The van der Waals surface area contributed by atoms with Crippen molar-refractivity contribution in [3.05, 3.63) is 0 Å². The van der Waals surface area contributed by atoms with Crippen molar-refractivity contribution in [1.82, 2.24) is 0 Å². The third-order valence-electron chi connectivity index (χ3n) is 1.17. The molecule has 1 nitrogen and oxygen atoms in total. The Hall–Kier alpha value is 0.660. The molecular weight excluding hydrogens is 212 g/mol. The van der Waals surface area contributed by atoms with E-state index >= 15 is 0 Å². The van der Waals surface area contributed by atoms with Gasteiger partial charge in [0.15, 0.2) is 5.12 Å². The molecule has 72 valence electrons. The molecule has 0 aromatic heterocycles. The first-order valence-electron chi connectivity index (χ1n) is 4.10. The van der Waals surface area contributed by atoms with E-state index in [1.165, 1.54) is 11.8 Å². The molecule has 0 atom stereocenters. The van der Waals surface area contributed by atoms with Crippen molar-refractivity contribution >= 4 is 40.2 Å². The Kier molecular flexibility index (Phi) is 10.3. The molecule has 0 rings (SSSR count). The maximum Gasteiger partial charge on any atom is 0.188 e. The second kappa shape index (κ2) is 9.75. The smallest absolute Gasteiger partial charge is 0.188 e. The first-order valence-corrected chi connectivity index (χ1v) is 6.78. The zero-order valence-electron chi connectivity index (χ0n) is 7.35. The Morgan fingerprint density at radius 2 is 2.08 bits per heavy atom. The van der Waals surface area contributed by atoms with E-state index in [4.69, 9.17) is 11.6 Å². The molecule has 0 radical (unpaired) electrons. The van der Waals surface area contributed by atoms with Crippen LogP contribution in [-0.2, 0) is 4.79 Å². The first-order chi connectivity index (χ1) is 5.81. The van der Waals surface area contributed by atoms with Crippen LogP contribution < -0.4 is 0 Å². The quantitative estimate of drug-likeness (QED) is 0.491. The molecule has 0 unspecified atom stereocenters. The number of alkyl halides is 1. The lowest BCUT2D eigenvalue weighted by atomic mass is 10.4. The van der Waals surface area contributed by atoms with E-state index in [1.54, 1.807) is 0 Å². The van der Waals surface area contributed by atoms with E-state index in [1.807, 2.05) is 18.7 Å².